The summed E-state index contributed by atoms with van der Waals surface area (Å²) in [5.41, 5.74) is 5.18. The van der Waals surface area contributed by atoms with Crippen LogP contribution in [0.3, 0.4) is 0 Å². The van der Waals surface area contributed by atoms with Crippen LogP contribution >= 0.6 is 0 Å². The maximum atomic E-state index is 11.8. The molecule has 0 aromatic carbocycles. The largest absolute Gasteiger partial charge is 0.383 e. The molecule has 0 fully saturated rings. The van der Waals surface area contributed by atoms with Gasteiger partial charge in [-0.2, -0.15) is 5.10 Å². The van der Waals surface area contributed by atoms with Crippen molar-refractivity contribution in [3.63, 3.8) is 0 Å². The van der Waals surface area contributed by atoms with Crippen LogP contribution in [0.2, 0.25) is 0 Å². The van der Waals surface area contributed by atoms with E-state index in [1.54, 1.807) is 14.1 Å². The van der Waals surface area contributed by atoms with Gasteiger partial charge in [0.1, 0.15) is 11.2 Å². The zero-order chi connectivity index (χ0) is 11.3. The number of anilines is 1. The average molecular weight is 209 g/mol. The maximum Gasteiger partial charge on any atom is 0.332 e. The monoisotopic (exact) mass is 209 g/mol. The molecule has 2 rings (SSSR count). The van der Waals surface area contributed by atoms with Crippen molar-refractivity contribution in [3.05, 3.63) is 20.8 Å². The molecule has 0 radical (unpaired) electrons. The molecule has 0 atom stereocenters. The normalized spacial score (nSPS) is 11.1. The van der Waals surface area contributed by atoms with Crippen LogP contribution in [-0.2, 0) is 21.1 Å². The van der Waals surface area contributed by atoms with Gasteiger partial charge in [0.15, 0.2) is 5.65 Å². The van der Waals surface area contributed by atoms with Gasteiger partial charge < -0.3 is 5.73 Å². The summed E-state index contributed by atoms with van der Waals surface area (Å²) in [6.07, 6.45) is 0. The lowest BCUT2D eigenvalue weighted by Gasteiger charge is -2.01. The molecule has 0 aliphatic rings. The lowest BCUT2D eigenvalue weighted by molar-refractivity contribution is 0.700. The van der Waals surface area contributed by atoms with Gasteiger partial charge in [-0.25, -0.2) is 4.79 Å². The quantitative estimate of drug-likeness (QED) is 0.575. The minimum atomic E-state index is -0.418. The molecule has 0 saturated carbocycles. The van der Waals surface area contributed by atoms with Gasteiger partial charge in [0.25, 0.3) is 5.56 Å². The van der Waals surface area contributed by atoms with E-state index in [0.29, 0.717) is 5.65 Å². The predicted molar refractivity (Wildman–Crippen MR) is 55.6 cm³/mol. The summed E-state index contributed by atoms with van der Waals surface area (Å²) >= 11 is 0. The highest BCUT2D eigenvalue weighted by Gasteiger charge is 2.15. The summed E-state index contributed by atoms with van der Waals surface area (Å²) in [4.78, 5) is 23.3. The van der Waals surface area contributed by atoms with Crippen molar-refractivity contribution in [2.45, 2.75) is 0 Å². The second-order valence-corrected chi connectivity index (χ2v) is 3.41. The van der Waals surface area contributed by atoms with Gasteiger partial charge >= 0.3 is 5.69 Å². The molecule has 2 aromatic heterocycles. The Bertz CT molecular complexity index is 660. The number of aryl methyl sites for hydroxylation is 2. The Hall–Kier alpha value is -2.05. The van der Waals surface area contributed by atoms with Crippen molar-refractivity contribution in [1.29, 1.82) is 0 Å². The first kappa shape index (κ1) is 9.50. The number of fused-ring (bicyclic) bond motifs is 1. The second-order valence-electron chi connectivity index (χ2n) is 3.41. The third-order valence-corrected chi connectivity index (χ3v) is 2.48. The van der Waals surface area contributed by atoms with E-state index in [-0.39, 0.29) is 11.2 Å². The molecule has 7 nitrogen and oxygen atoms in total. The molecule has 0 amide bonds. The Labute approximate surface area is 84.3 Å². The predicted octanol–water partition coefficient (Wildman–Crippen LogP) is -1.45. The van der Waals surface area contributed by atoms with E-state index >= 15 is 0 Å². The zero-order valence-corrected chi connectivity index (χ0v) is 8.68. The molecule has 2 N–H and O–H groups in total. The Balaban J connectivity index is 3.23. The second kappa shape index (κ2) is 2.72. The first-order valence-corrected chi connectivity index (χ1v) is 4.33. The lowest BCUT2D eigenvalue weighted by Crippen LogP contribution is -2.36. The molecule has 2 aromatic rings. The van der Waals surface area contributed by atoms with Crippen LogP contribution in [0.25, 0.3) is 11.0 Å². The summed E-state index contributed by atoms with van der Waals surface area (Å²) < 4.78 is 3.69. The number of nitrogens with zero attached hydrogens (tertiary/aromatic N) is 4. The number of rotatable bonds is 0. The highest BCUT2D eigenvalue weighted by atomic mass is 16.2. The molecule has 0 spiro atoms. The summed E-state index contributed by atoms with van der Waals surface area (Å²) in [5.74, 6) is 0.265. The molecule has 0 saturated heterocycles. The number of nitrogens with two attached hydrogens (primary N) is 1. The molecule has 7 heteroatoms. The van der Waals surface area contributed by atoms with Gasteiger partial charge in [-0.15, -0.1) is 0 Å². The number of hydrogen-bond donors (Lipinski definition) is 1. The first-order valence-electron chi connectivity index (χ1n) is 4.33. The van der Waals surface area contributed by atoms with Crippen LogP contribution in [0.1, 0.15) is 0 Å². The van der Waals surface area contributed by atoms with Crippen LogP contribution in [0.15, 0.2) is 9.59 Å². The zero-order valence-electron chi connectivity index (χ0n) is 8.68. The van der Waals surface area contributed by atoms with Crippen molar-refractivity contribution >= 4 is 16.9 Å². The molecule has 15 heavy (non-hydrogen) atoms. The van der Waals surface area contributed by atoms with Crippen LogP contribution in [0.5, 0.6) is 0 Å². The molecule has 80 valence electrons. The Kier molecular flexibility index (Phi) is 1.72. The fourth-order valence-corrected chi connectivity index (χ4v) is 1.53. The standard InChI is InChI=1S/C8H11N5O2/c1-11-6-4(5(9)13(3)10-6)7(14)12(2)8(11)15/h9H2,1-3H3. The van der Waals surface area contributed by atoms with Crippen LogP contribution in [-0.4, -0.2) is 18.9 Å². The summed E-state index contributed by atoms with van der Waals surface area (Å²) in [6, 6.07) is 0. The number of hydrogen-bond acceptors (Lipinski definition) is 4. The van der Waals surface area contributed by atoms with Crippen LogP contribution in [0.4, 0.5) is 5.82 Å². The van der Waals surface area contributed by atoms with Gasteiger partial charge in [-0.05, 0) is 0 Å². The molecule has 0 bridgehead atoms. The summed E-state index contributed by atoms with van der Waals surface area (Å²) in [5, 5.41) is 4.30. The van der Waals surface area contributed by atoms with Gasteiger partial charge in [0.2, 0.25) is 0 Å². The summed E-state index contributed by atoms with van der Waals surface area (Å²) in [7, 11) is 4.59. The van der Waals surface area contributed by atoms with E-state index in [1.165, 1.54) is 16.3 Å². The Morgan fingerprint density at radius 2 is 1.73 bits per heavy atom. The van der Waals surface area contributed by atoms with E-state index in [1.807, 2.05) is 0 Å². The van der Waals surface area contributed by atoms with Crippen molar-refractivity contribution in [1.82, 2.24) is 18.9 Å². The topological polar surface area (TPSA) is 87.8 Å². The highest BCUT2D eigenvalue weighted by Crippen LogP contribution is 2.12. The van der Waals surface area contributed by atoms with E-state index in [9.17, 15) is 9.59 Å². The van der Waals surface area contributed by atoms with Crippen molar-refractivity contribution in [2.24, 2.45) is 21.1 Å². The fourth-order valence-electron chi connectivity index (χ4n) is 1.53. The van der Waals surface area contributed by atoms with Crippen molar-refractivity contribution < 1.29 is 0 Å². The lowest BCUT2D eigenvalue weighted by atomic mass is 10.4. The van der Waals surface area contributed by atoms with E-state index in [4.69, 9.17) is 5.73 Å². The van der Waals surface area contributed by atoms with Crippen LogP contribution < -0.4 is 17.0 Å². The Morgan fingerprint density at radius 3 is 2.33 bits per heavy atom. The minimum absolute atomic E-state index is 0.265. The van der Waals surface area contributed by atoms with Gasteiger partial charge in [-0.1, -0.05) is 0 Å². The molecule has 0 aliphatic carbocycles. The number of aromatic nitrogens is 4. The van der Waals surface area contributed by atoms with Gasteiger partial charge in [0, 0.05) is 21.1 Å². The van der Waals surface area contributed by atoms with Crippen molar-refractivity contribution in [2.75, 3.05) is 5.73 Å². The SMILES string of the molecule is Cn1nc2c(c1N)c(=O)n(C)c(=O)n2C. The third-order valence-electron chi connectivity index (χ3n) is 2.48. The molecular weight excluding hydrogens is 198 g/mol. The van der Waals surface area contributed by atoms with Gasteiger partial charge in [0.05, 0.1) is 0 Å². The molecule has 0 unspecified atom stereocenters. The minimum Gasteiger partial charge on any atom is -0.383 e. The number of nitrogen functional groups attached to an aromatic ring is 1. The van der Waals surface area contributed by atoms with E-state index in [0.717, 1.165) is 4.57 Å². The Morgan fingerprint density at radius 1 is 1.13 bits per heavy atom. The molecule has 2 heterocycles. The van der Waals surface area contributed by atoms with Crippen molar-refractivity contribution in [3.8, 4) is 0 Å². The van der Waals surface area contributed by atoms with E-state index < -0.39 is 11.2 Å². The smallest absolute Gasteiger partial charge is 0.332 e. The highest BCUT2D eigenvalue weighted by molar-refractivity contribution is 5.85. The van der Waals surface area contributed by atoms with E-state index in [2.05, 4.69) is 5.10 Å². The summed E-state index contributed by atoms with van der Waals surface area (Å²) in [6.45, 7) is 0. The molecular formula is C8H11N5O2. The molecule has 0 aliphatic heterocycles. The maximum absolute atomic E-state index is 11.8. The van der Waals surface area contributed by atoms with Gasteiger partial charge in [-0.3, -0.25) is 18.6 Å². The third kappa shape index (κ3) is 1.03. The average Bonchev–Trinajstić information content (AvgIpc) is 2.50. The first-order chi connectivity index (χ1) is 6.95. The van der Waals surface area contributed by atoms with Crippen LogP contribution in [0, 0.1) is 0 Å². The fraction of sp³-hybridized carbons (Fsp3) is 0.375.